The zero-order valence-corrected chi connectivity index (χ0v) is 10.5. The number of nitrogens with one attached hydrogen (secondary N) is 1. The summed E-state index contributed by atoms with van der Waals surface area (Å²) in [6.45, 7) is 3.79. The molecule has 1 saturated carbocycles. The highest BCUT2D eigenvalue weighted by Crippen LogP contribution is 2.33. The summed E-state index contributed by atoms with van der Waals surface area (Å²) in [4.78, 5) is 11.4. The van der Waals surface area contributed by atoms with Gasteiger partial charge in [-0.05, 0) is 44.9 Å². The molecule has 1 fully saturated rings. The van der Waals surface area contributed by atoms with Crippen LogP contribution in [-0.4, -0.2) is 11.3 Å². The van der Waals surface area contributed by atoms with Gasteiger partial charge in [0.15, 0.2) is 5.78 Å². The van der Waals surface area contributed by atoms with E-state index in [1.165, 1.54) is 25.7 Å². The standard InChI is InChI=1S/C14H20N2O/c1-10(17)12-9-11(5-6-13(12)15)16-14(2)7-3-4-8-14/h5-6,9,16H,3-4,7-8,15H2,1-2H3. The van der Waals surface area contributed by atoms with Crippen LogP contribution in [0.4, 0.5) is 11.4 Å². The molecule has 1 aromatic carbocycles. The van der Waals surface area contributed by atoms with E-state index in [9.17, 15) is 4.79 Å². The second-order valence-corrected chi connectivity index (χ2v) is 5.25. The molecule has 0 spiro atoms. The summed E-state index contributed by atoms with van der Waals surface area (Å²) in [7, 11) is 0. The monoisotopic (exact) mass is 232 g/mol. The topological polar surface area (TPSA) is 55.1 Å². The summed E-state index contributed by atoms with van der Waals surface area (Å²) >= 11 is 0. The number of rotatable bonds is 3. The highest BCUT2D eigenvalue weighted by atomic mass is 16.1. The highest BCUT2D eigenvalue weighted by molar-refractivity contribution is 6.00. The van der Waals surface area contributed by atoms with E-state index in [0.717, 1.165) is 5.69 Å². The Morgan fingerprint density at radius 1 is 1.35 bits per heavy atom. The summed E-state index contributed by atoms with van der Waals surface area (Å²) < 4.78 is 0. The lowest BCUT2D eigenvalue weighted by molar-refractivity contribution is 0.101. The largest absolute Gasteiger partial charge is 0.398 e. The van der Waals surface area contributed by atoms with E-state index < -0.39 is 0 Å². The second kappa shape index (κ2) is 4.40. The Morgan fingerprint density at radius 2 is 2.00 bits per heavy atom. The Hall–Kier alpha value is -1.51. The van der Waals surface area contributed by atoms with Crippen LogP contribution in [0.5, 0.6) is 0 Å². The van der Waals surface area contributed by atoms with Crippen LogP contribution in [0.1, 0.15) is 49.9 Å². The molecular weight excluding hydrogens is 212 g/mol. The van der Waals surface area contributed by atoms with Crippen molar-refractivity contribution < 1.29 is 4.79 Å². The number of ketones is 1. The molecule has 3 nitrogen and oxygen atoms in total. The zero-order valence-electron chi connectivity index (χ0n) is 10.5. The van der Waals surface area contributed by atoms with Gasteiger partial charge in [0, 0.05) is 22.5 Å². The molecule has 0 atom stereocenters. The maximum atomic E-state index is 11.4. The minimum atomic E-state index is 0.0164. The van der Waals surface area contributed by atoms with Crippen LogP contribution < -0.4 is 11.1 Å². The quantitative estimate of drug-likeness (QED) is 0.621. The number of hydrogen-bond acceptors (Lipinski definition) is 3. The molecule has 0 aromatic heterocycles. The molecule has 2 rings (SSSR count). The molecule has 92 valence electrons. The van der Waals surface area contributed by atoms with E-state index in [0.29, 0.717) is 11.3 Å². The molecule has 0 bridgehead atoms. The van der Waals surface area contributed by atoms with Crippen LogP contribution >= 0.6 is 0 Å². The predicted molar refractivity (Wildman–Crippen MR) is 71.4 cm³/mol. The summed E-state index contributed by atoms with van der Waals surface area (Å²) in [5.41, 5.74) is 8.11. The molecular formula is C14H20N2O. The van der Waals surface area contributed by atoms with Gasteiger partial charge >= 0.3 is 0 Å². The number of carbonyl (C=O) groups excluding carboxylic acids is 1. The van der Waals surface area contributed by atoms with E-state index in [2.05, 4.69) is 12.2 Å². The van der Waals surface area contributed by atoms with E-state index in [-0.39, 0.29) is 11.3 Å². The third-order valence-corrected chi connectivity index (χ3v) is 3.59. The van der Waals surface area contributed by atoms with Crippen molar-refractivity contribution in [1.82, 2.24) is 0 Å². The summed E-state index contributed by atoms with van der Waals surface area (Å²) in [6, 6.07) is 5.62. The number of nitrogens with two attached hydrogens (primary N) is 1. The number of hydrogen-bond donors (Lipinski definition) is 2. The third kappa shape index (κ3) is 2.60. The Balaban J connectivity index is 2.22. The van der Waals surface area contributed by atoms with Gasteiger partial charge in [-0.1, -0.05) is 12.8 Å². The van der Waals surface area contributed by atoms with Gasteiger partial charge in [0.1, 0.15) is 0 Å². The van der Waals surface area contributed by atoms with Crippen molar-refractivity contribution in [3.8, 4) is 0 Å². The summed E-state index contributed by atoms with van der Waals surface area (Å²) in [5, 5.41) is 3.53. The molecule has 3 heteroatoms. The van der Waals surface area contributed by atoms with Crippen molar-refractivity contribution in [2.75, 3.05) is 11.1 Å². The average molecular weight is 232 g/mol. The fourth-order valence-electron chi connectivity index (χ4n) is 2.57. The first-order valence-electron chi connectivity index (χ1n) is 6.19. The molecule has 1 aliphatic carbocycles. The zero-order chi connectivity index (χ0) is 12.5. The normalized spacial score (nSPS) is 18.0. The summed E-state index contributed by atoms with van der Waals surface area (Å²) in [5.74, 6) is 0.0164. The lowest BCUT2D eigenvalue weighted by atomic mass is 9.99. The van der Waals surface area contributed by atoms with Crippen molar-refractivity contribution in [1.29, 1.82) is 0 Å². The SMILES string of the molecule is CC(=O)c1cc(NC2(C)CCCC2)ccc1N. The maximum absolute atomic E-state index is 11.4. The van der Waals surface area contributed by atoms with Crippen LogP contribution in [0.2, 0.25) is 0 Å². The van der Waals surface area contributed by atoms with Crippen molar-refractivity contribution in [2.45, 2.75) is 45.1 Å². The lowest BCUT2D eigenvalue weighted by Crippen LogP contribution is -2.30. The van der Waals surface area contributed by atoms with Crippen LogP contribution in [0.15, 0.2) is 18.2 Å². The number of benzene rings is 1. The van der Waals surface area contributed by atoms with Crippen LogP contribution in [0.3, 0.4) is 0 Å². The van der Waals surface area contributed by atoms with Crippen LogP contribution in [0, 0.1) is 0 Å². The Labute approximate surface area is 102 Å². The van der Waals surface area contributed by atoms with Crippen molar-refractivity contribution >= 4 is 17.2 Å². The first-order valence-corrected chi connectivity index (χ1v) is 6.19. The molecule has 0 unspecified atom stereocenters. The third-order valence-electron chi connectivity index (χ3n) is 3.59. The lowest BCUT2D eigenvalue weighted by Gasteiger charge is -2.27. The van der Waals surface area contributed by atoms with Gasteiger partial charge in [0.05, 0.1) is 0 Å². The van der Waals surface area contributed by atoms with E-state index in [4.69, 9.17) is 5.73 Å². The highest BCUT2D eigenvalue weighted by Gasteiger charge is 2.28. The minimum Gasteiger partial charge on any atom is -0.398 e. The van der Waals surface area contributed by atoms with E-state index in [1.807, 2.05) is 12.1 Å². The molecule has 1 aromatic rings. The van der Waals surface area contributed by atoms with Gasteiger partial charge < -0.3 is 11.1 Å². The van der Waals surface area contributed by atoms with Crippen LogP contribution in [-0.2, 0) is 0 Å². The van der Waals surface area contributed by atoms with E-state index >= 15 is 0 Å². The number of Topliss-reactive ketones (excluding diaryl/α,β-unsaturated/α-hetero) is 1. The van der Waals surface area contributed by atoms with E-state index in [1.54, 1.807) is 13.0 Å². The van der Waals surface area contributed by atoms with Gasteiger partial charge in [0.25, 0.3) is 0 Å². The number of anilines is 2. The number of carbonyl (C=O) groups is 1. The Bertz CT molecular complexity index is 434. The molecule has 0 radical (unpaired) electrons. The molecule has 1 aliphatic rings. The smallest absolute Gasteiger partial charge is 0.161 e. The minimum absolute atomic E-state index is 0.0164. The fourth-order valence-corrected chi connectivity index (χ4v) is 2.57. The fraction of sp³-hybridized carbons (Fsp3) is 0.500. The Kier molecular flexibility index (Phi) is 3.09. The molecule has 17 heavy (non-hydrogen) atoms. The van der Waals surface area contributed by atoms with Gasteiger partial charge in [-0.15, -0.1) is 0 Å². The van der Waals surface area contributed by atoms with Crippen molar-refractivity contribution in [2.24, 2.45) is 0 Å². The maximum Gasteiger partial charge on any atom is 0.161 e. The van der Waals surface area contributed by atoms with Crippen molar-refractivity contribution in [3.05, 3.63) is 23.8 Å². The van der Waals surface area contributed by atoms with Gasteiger partial charge in [-0.3, -0.25) is 4.79 Å². The molecule has 0 saturated heterocycles. The summed E-state index contributed by atoms with van der Waals surface area (Å²) in [6.07, 6.45) is 4.93. The molecule has 3 N–H and O–H groups in total. The van der Waals surface area contributed by atoms with Crippen molar-refractivity contribution in [3.63, 3.8) is 0 Å². The average Bonchev–Trinajstić information content (AvgIpc) is 2.67. The number of nitrogen functional groups attached to an aromatic ring is 1. The van der Waals surface area contributed by atoms with Gasteiger partial charge in [0.2, 0.25) is 0 Å². The molecule has 0 amide bonds. The molecule has 0 heterocycles. The Morgan fingerprint density at radius 3 is 2.59 bits per heavy atom. The second-order valence-electron chi connectivity index (χ2n) is 5.25. The van der Waals surface area contributed by atoms with Crippen LogP contribution in [0.25, 0.3) is 0 Å². The first kappa shape index (κ1) is 12.0. The van der Waals surface area contributed by atoms with Gasteiger partial charge in [-0.25, -0.2) is 0 Å². The van der Waals surface area contributed by atoms with Gasteiger partial charge in [-0.2, -0.15) is 0 Å². The first-order chi connectivity index (χ1) is 8.00. The molecule has 0 aliphatic heterocycles. The predicted octanol–water partition coefficient (Wildman–Crippen LogP) is 3.22.